The van der Waals surface area contributed by atoms with E-state index in [4.69, 9.17) is 21.3 Å². The summed E-state index contributed by atoms with van der Waals surface area (Å²) >= 11 is 7.00. The normalized spacial score (nSPS) is 18.5. The summed E-state index contributed by atoms with van der Waals surface area (Å²) in [6, 6.07) is 6.95. The van der Waals surface area contributed by atoms with Crippen LogP contribution in [-0.2, 0) is 21.3 Å². The third kappa shape index (κ3) is 3.50. The van der Waals surface area contributed by atoms with E-state index in [0.29, 0.717) is 37.0 Å². The molecule has 0 spiro atoms. The maximum absolute atomic E-state index is 12.9. The van der Waals surface area contributed by atoms with Crippen molar-refractivity contribution in [3.05, 3.63) is 40.6 Å². The van der Waals surface area contributed by atoms with Crippen LogP contribution in [0.1, 0.15) is 18.2 Å². The standard InChI is InChI=1S/C17H19ClN4O3S2/c1-25-10-9-22-16(20-13-3-2-7-19-17(13)22)12-6-8-21(11-12)27(23,24)15-5-4-14(18)26-15/h2-5,7,12H,6,8-11H2,1H3/t12-/m1/s1. The smallest absolute Gasteiger partial charge is 0.252 e. The molecule has 0 aliphatic carbocycles. The molecule has 3 aromatic heterocycles. The molecule has 0 unspecified atom stereocenters. The first kappa shape index (κ1) is 18.8. The minimum atomic E-state index is -3.53. The first-order valence-electron chi connectivity index (χ1n) is 8.56. The number of aromatic nitrogens is 3. The maximum atomic E-state index is 12.9. The molecule has 0 saturated carbocycles. The van der Waals surface area contributed by atoms with Crippen LogP contribution in [-0.4, -0.2) is 54.1 Å². The van der Waals surface area contributed by atoms with Crippen LogP contribution >= 0.6 is 22.9 Å². The number of methoxy groups -OCH3 is 1. The number of imidazole rings is 1. The molecular weight excluding hydrogens is 408 g/mol. The zero-order valence-electron chi connectivity index (χ0n) is 14.7. The van der Waals surface area contributed by atoms with Crippen molar-refractivity contribution < 1.29 is 13.2 Å². The molecule has 1 fully saturated rings. The minimum Gasteiger partial charge on any atom is -0.383 e. The van der Waals surface area contributed by atoms with Crippen LogP contribution in [0.15, 0.2) is 34.7 Å². The fourth-order valence-electron chi connectivity index (χ4n) is 3.41. The number of hydrogen-bond donors (Lipinski definition) is 0. The van der Waals surface area contributed by atoms with Crippen LogP contribution < -0.4 is 0 Å². The second-order valence-corrected chi connectivity index (χ2v) is 10.2. The summed E-state index contributed by atoms with van der Waals surface area (Å²) in [6.45, 7) is 2.03. The van der Waals surface area contributed by atoms with Gasteiger partial charge in [-0.15, -0.1) is 11.3 Å². The van der Waals surface area contributed by atoms with Crippen LogP contribution in [0.3, 0.4) is 0 Å². The van der Waals surface area contributed by atoms with Gasteiger partial charge in [0, 0.05) is 38.9 Å². The highest BCUT2D eigenvalue weighted by molar-refractivity contribution is 7.91. The Morgan fingerprint density at radius 3 is 2.96 bits per heavy atom. The van der Waals surface area contributed by atoms with E-state index in [2.05, 4.69) is 4.98 Å². The minimum absolute atomic E-state index is 0.0151. The van der Waals surface area contributed by atoms with Crippen LogP contribution in [0.2, 0.25) is 4.34 Å². The lowest BCUT2D eigenvalue weighted by Gasteiger charge is -2.16. The predicted molar refractivity (Wildman–Crippen MR) is 105 cm³/mol. The lowest BCUT2D eigenvalue weighted by molar-refractivity contribution is 0.187. The highest BCUT2D eigenvalue weighted by Gasteiger charge is 2.36. The van der Waals surface area contributed by atoms with Crippen LogP contribution in [0.4, 0.5) is 0 Å². The molecule has 0 aromatic carbocycles. The summed E-state index contributed by atoms with van der Waals surface area (Å²) < 4.78 is 35.3. The number of ether oxygens (including phenoxy) is 1. The Morgan fingerprint density at radius 1 is 1.37 bits per heavy atom. The molecule has 3 aromatic rings. The van der Waals surface area contributed by atoms with Gasteiger partial charge in [0.2, 0.25) is 0 Å². The molecule has 0 N–H and O–H groups in total. The highest BCUT2D eigenvalue weighted by atomic mass is 35.5. The average Bonchev–Trinajstić information content (AvgIpc) is 3.38. The molecule has 1 aliphatic rings. The Kier molecular flexibility index (Phi) is 5.21. The van der Waals surface area contributed by atoms with Crippen LogP contribution in [0.25, 0.3) is 11.2 Å². The number of halogens is 1. The van der Waals surface area contributed by atoms with Gasteiger partial charge in [0.05, 0.1) is 10.9 Å². The van der Waals surface area contributed by atoms with Gasteiger partial charge in [-0.25, -0.2) is 18.4 Å². The molecule has 10 heteroatoms. The van der Waals surface area contributed by atoms with E-state index in [1.54, 1.807) is 25.4 Å². The first-order valence-corrected chi connectivity index (χ1v) is 11.2. The summed E-state index contributed by atoms with van der Waals surface area (Å²) in [7, 11) is -1.87. The molecule has 4 heterocycles. The van der Waals surface area contributed by atoms with Gasteiger partial charge in [-0.1, -0.05) is 11.6 Å². The largest absolute Gasteiger partial charge is 0.383 e. The van der Waals surface area contributed by atoms with Crippen molar-refractivity contribution in [2.45, 2.75) is 23.1 Å². The maximum Gasteiger partial charge on any atom is 0.252 e. The molecule has 27 heavy (non-hydrogen) atoms. The summed E-state index contributed by atoms with van der Waals surface area (Å²) in [5.74, 6) is 0.879. The van der Waals surface area contributed by atoms with Crippen LogP contribution in [0, 0.1) is 0 Å². The monoisotopic (exact) mass is 426 g/mol. The molecule has 7 nitrogen and oxygen atoms in total. The number of nitrogens with zero attached hydrogens (tertiary/aromatic N) is 4. The van der Waals surface area contributed by atoms with Gasteiger partial charge in [0.15, 0.2) is 5.65 Å². The Hall–Kier alpha value is -1.52. The first-order chi connectivity index (χ1) is 13.0. The average molecular weight is 427 g/mol. The molecule has 0 bridgehead atoms. The Balaban J connectivity index is 1.64. The van der Waals surface area contributed by atoms with Crippen molar-refractivity contribution in [1.29, 1.82) is 0 Å². The van der Waals surface area contributed by atoms with Gasteiger partial charge in [0.25, 0.3) is 10.0 Å². The zero-order chi connectivity index (χ0) is 19.0. The van der Waals surface area contributed by atoms with Gasteiger partial charge in [-0.3, -0.25) is 0 Å². The number of fused-ring (bicyclic) bond motifs is 1. The number of sulfonamides is 1. The Labute approximate surface area is 166 Å². The van der Waals surface area contributed by atoms with Crippen molar-refractivity contribution in [1.82, 2.24) is 18.8 Å². The fraction of sp³-hybridized carbons (Fsp3) is 0.412. The predicted octanol–water partition coefficient (Wildman–Crippen LogP) is 2.97. The van der Waals surface area contributed by atoms with Gasteiger partial charge in [-0.2, -0.15) is 4.31 Å². The van der Waals surface area contributed by atoms with E-state index in [0.717, 1.165) is 28.3 Å². The molecule has 0 amide bonds. The lowest BCUT2D eigenvalue weighted by Crippen LogP contribution is -2.28. The molecule has 1 aliphatic heterocycles. The number of pyridine rings is 1. The molecule has 144 valence electrons. The molecule has 0 radical (unpaired) electrons. The van der Waals surface area contributed by atoms with Crippen molar-refractivity contribution >= 4 is 44.1 Å². The molecule has 4 rings (SSSR count). The number of hydrogen-bond acceptors (Lipinski definition) is 6. The van der Waals surface area contributed by atoms with Crippen molar-refractivity contribution in [3.8, 4) is 0 Å². The molecule has 1 saturated heterocycles. The van der Waals surface area contributed by atoms with Gasteiger partial charge in [-0.05, 0) is 30.7 Å². The van der Waals surface area contributed by atoms with E-state index in [9.17, 15) is 8.42 Å². The Morgan fingerprint density at radius 2 is 2.22 bits per heavy atom. The van der Waals surface area contributed by atoms with E-state index in [-0.39, 0.29) is 10.1 Å². The van der Waals surface area contributed by atoms with Crippen molar-refractivity contribution in [2.75, 3.05) is 26.8 Å². The number of rotatable bonds is 6. The Bertz CT molecular complexity index is 1060. The van der Waals surface area contributed by atoms with E-state index < -0.39 is 10.0 Å². The molecular formula is C17H19ClN4O3S2. The van der Waals surface area contributed by atoms with E-state index >= 15 is 0 Å². The second-order valence-electron chi connectivity index (χ2n) is 6.37. The quantitative estimate of drug-likeness (QED) is 0.605. The fourth-order valence-corrected chi connectivity index (χ4v) is 6.55. The topological polar surface area (TPSA) is 77.3 Å². The summed E-state index contributed by atoms with van der Waals surface area (Å²) in [5, 5.41) is 0. The summed E-state index contributed by atoms with van der Waals surface area (Å²) in [5.41, 5.74) is 1.62. The van der Waals surface area contributed by atoms with Gasteiger partial charge in [0.1, 0.15) is 15.6 Å². The van der Waals surface area contributed by atoms with E-state index in [1.807, 2.05) is 16.7 Å². The SMILES string of the molecule is COCCn1c([C@@H]2CCN(S(=O)(=O)c3ccc(Cl)s3)C2)nc2cccnc21. The second kappa shape index (κ2) is 7.48. The van der Waals surface area contributed by atoms with Crippen molar-refractivity contribution in [2.24, 2.45) is 0 Å². The highest BCUT2D eigenvalue weighted by Crippen LogP contribution is 2.34. The summed E-state index contributed by atoms with van der Waals surface area (Å²) in [6.07, 6.45) is 2.46. The van der Waals surface area contributed by atoms with Gasteiger partial charge >= 0.3 is 0 Å². The zero-order valence-corrected chi connectivity index (χ0v) is 17.1. The molecule has 1 atom stereocenters. The third-order valence-corrected chi connectivity index (χ3v) is 8.27. The van der Waals surface area contributed by atoms with Crippen LogP contribution in [0.5, 0.6) is 0 Å². The third-order valence-electron chi connectivity index (χ3n) is 4.71. The van der Waals surface area contributed by atoms with Gasteiger partial charge < -0.3 is 9.30 Å². The van der Waals surface area contributed by atoms with E-state index in [1.165, 1.54) is 4.31 Å². The summed E-state index contributed by atoms with van der Waals surface area (Å²) in [4.78, 5) is 9.19. The number of thiophene rings is 1. The van der Waals surface area contributed by atoms with Crippen molar-refractivity contribution in [3.63, 3.8) is 0 Å². The lowest BCUT2D eigenvalue weighted by atomic mass is 10.1.